The predicted octanol–water partition coefficient (Wildman–Crippen LogP) is 2.36. The average molecular weight is 452 g/mol. The molecule has 2 aliphatic rings. The van der Waals surface area contributed by atoms with Crippen molar-refractivity contribution in [1.82, 2.24) is 15.1 Å². The van der Waals surface area contributed by atoms with Gasteiger partial charge in [-0.25, -0.2) is 0 Å². The fourth-order valence-corrected chi connectivity index (χ4v) is 4.95. The Balaban J connectivity index is 1.34. The van der Waals surface area contributed by atoms with Gasteiger partial charge in [0, 0.05) is 37.8 Å². The van der Waals surface area contributed by atoms with Crippen molar-refractivity contribution in [2.75, 3.05) is 26.7 Å². The molecule has 0 unspecified atom stereocenters. The first-order chi connectivity index (χ1) is 15.9. The number of rotatable bonds is 6. The number of amides is 2. The number of nitrogens with zero attached hydrogens (tertiary/aromatic N) is 2. The second kappa shape index (κ2) is 10.4. The second-order valence-electron chi connectivity index (χ2n) is 9.06. The summed E-state index contributed by atoms with van der Waals surface area (Å²) in [5, 5.41) is 13.3. The lowest BCUT2D eigenvalue weighted by atomic mass is 10.0. The van der Waals surface area contributed by atoms with Crippen LogP contribution in [0.25, 0.3) is 0 Å². The first-order valence-electron chi connectivity index (χ1n) is 11.6. The van der Waals surface area contributed by atoms with E-state index in [4.69, 9.17) is 4.74 Å². The van der Waals surface area contributed by atoms with E-state index in [0.717, 1.165) is 35.3 Å². The average Bonchev–Trinajstić information content (AvgIpc) is 3.24. The fraction of sp³-hybridized carbons (Fsp3) is 0.462. The van der Waals surface area contributed by atoms with Crippen LogP contribution < -0.4 is 10.1 Å². The van der Waals surface area contributed by atoms with Crippen molar-refractivity contribution < 1.29 is 19.4 Å². The molecule has 4 rings (SSSR count). The summed E-state index contributed by atoms with van der Waals surface area (Å²) in [6.45, 7) is 4.21. The summed E-state index contributed by atoms with van der Waals surface area (Å²) < 4.78 is 5.25. The molecule has 2 heterocycles. The number of carbonyl (C=O) groups is 2. The monoisotopic (exact) mass is 451 g/mol. The van der Waals surface area contributed by atoms with Crippen LogP contribution in [0.5, 0.6) is 5.75 Å². The highest BCUT2D eigenvalue weighted by Gasteiger charge is 2.41. The van der Waals surface area contributed by atoms with E-state index in [2.05, 4.69) is 10.2 Å². The maximum Gasteiger partial charge on any atom is 0.253 e. The minimum absolute atomic E-state index is 0.0613. The van der Waals surface area contributed by atoms with Gasteiger partial charge in [-0.05, 0) is 56.0 Å². The number of aryl methyl sites for hydroxylation is 1. The maximum absolute atomic E-state index is 13.0. The lowest BCUT2D eigenvalue weighted by molar-refractivity contribution is -0.126. The topological polar surface area (TPSA) is 82.1 Å². The molecule has 0 aliphatic carbocycles. The zero-order chi connectivity index (χ0) is 23.4. The molecule has 0 radical (unpaired) electrons. The molecular formula is C26H33N3O4. The molecule has 176 valence electrons. The van der Waals surface area contributed by atoms with Crippen molar-refractivity contribution in [3.63, 3.8) is 0 Å². The van der Waals surface area contributed by atoms with Gasteiger partial charge in [-0.2, -0.15) is 0 Å². The minimum atomic E-state index is -0.510. The van der Waals surface area contributed by atoms with E-state index in [0.29, 0.717) is 32.6 Å². The molecule has 2 aromatic rings. The van der Waals surface area contributed by atoms with E-state index in [9.17, 15) is 14.7 Å². The smallest absolute Gasteiger partial charge is 0.253 e. The normalized spacial score (nSPS) is 21.7. The first kappa shape index (κ1) is 23.3. The van der Waals surface area contributed by atoms with Gasteiger partial charge in [-0.3, -0.25) is 14.5 Å². The molecule has 7 nitrogen and oxygen atoms in total. The molecular weight excluding hydrogens is 418 g/mol. The van der Waals surface area contributed by atoms with E-state index in [-0.39, 0.29) is 23.9 Å². The van der Waals surface area contributed by atoms with Gasteiger partial charge in [-0.15, -0.1) is 0 Å². The fourth-order valence-electron chi connectivity index (χ4n) is 4.95. The third-order valence-corrected chi connectivity index (χ3v) is 6.71. The number of hydrogen-bond acceptors (Lipinski definition) is 5. The number of aliphatic hydroxyl groups excluding tert-OH is 1. The lowest BCUT2D eigenvalue weighted by Crippen LogP contribution is -2.52. The van der Waals surface area contributed by atoms with Gasteiger partial charge in [0.1, 0.15) is 5.75 Å². The van der Waals surface area contributed by atoms with Gasteiger partial charge in [0.25, 0.3) is 5.91 Å². The van der Waals surface area contributed by atoms with Gasteiger partial charge in [0.15, 0.2) is 0 Å². The van der Waals surface area contributed by atoms with Crippen LogP contribution in [0, 0.1) is 6.92 Å². The third-order valence-electron chi connectivity index (χ3n) is 6.71. The number of likely N-dealkylation sites (tertiary alicyclic amines) is 2. The summed E-state index contributed by atoms with van der Waals surface area (Å²) in [4.78, 5) is 29.9. The summed E-state index contributed by atoms with van der Waals surface area (Å²) in [5.41, 5.74) is 2.76. The second-order valence-corrected chi connectivity index (χ2v) is 9.06. The number of β-amino-alcohol motifs (C(OH)–C–C–N with tert-alkyl or cyclic N) is 1. The largest absolute Gasteiger partial charge is 0.497 e. The quantitative estimate of drug-likeness (QED) is 0.705. The van der Waals surface area contributed by atoms with Crippen LogP contribution in [-0.2, 0) is 11.3 Å². The SMILES string of the molecule is COc1cccc(CNC(=O)[C@@H]2C[C@@H](O)CN2C2CCN(C(=O)c3cccc(C)c3)CC2)c1. The number of carbonyl (C=O) groups excluding carboxylic acids is 2. The zero-order valence-corrected chi connectivity index (χ0v) is 19.4. The Morgan fingerprint density at radius 3 is 2.61 bits per heavy atom. The number of piperidine rings is 1. The summed E-state index contributed by atoms with van der Waals surface area (Å²) >= 11 is 0. The Labute approximate surface area is 195 Å². The van der Waals surface area contributed by atoms with Crippen LogP contribution in [0.3, 0.4) is 0 Å². The molecule has 0 bridgehead atoms. The van der Waals surface area contributed by atoms with E-state index < -0.39 is 6.10 Å². The van der Waals surface area contributed by atoms with E-state index in [1.807, 2.05) is 60.4 Å². The number of aliphatic hydroxyl groups is 1. The molecule has 2 fully saturated rings. The summed E-state index contributed by atoms with van der Waals surface area (Å²) in [6.07, 6.45) is 1.52. The zero-order valence-electron chi connectivity index (χ0n) is 19.4. The van der Waals surface area contributed by atoms with Crippen LogP contribution in [0.1, 0.15) is 40.7 Å². The van der Waals surface area contributed by atoms with E-state index >= 15 is 0 Å². The maximum atomic E-state index is 13.0. The molecule has 2 aliphatic heterocycles. The van der Waals surface area contributed by atoms with Crippen molar-refractivity contribution in [1.29, 1.82) is 0 Å². The van der Waals surface area contributed by atoms with Gasteiger partial charge in [0.2, 0.25) is 5.91 Å². The highest BCUT2D eigenvalue weighted by Crippen LogP contribution is 2.27. The highest BCUT2D eigenvalue weighted by molar-refractivity contribution is 5.94. The van der Waals surface area contributed by atoms with Gasteiger partial charge < -0.3 is 20.1 Å². The van der Waals surface area contributed by atoms with Crippen LogP contribution in [0.2, 0.25) is 0 Å². The van der Waals surface area contributed by atoms with Crippen molar-refractivity contribution in [2.24, 2.45) is 0 Å². The Bertz CT molecular complexity index is 987. The molecule has 0 saturated carbocycles. The summed E-state index contributed by atoms with van der Waals surface area (Å²) in [6, 6.07) is 15.1. The Morgan fingerprint density at radius 2 is 1.88 bits per heavy atom. The Morgan fingerprint density at radius 1 is 1.12 bits per heavy atom. The number of nitrogens with one attached hydrogen (secondary N) is 1. The summed E-state index contributed by atoms with van der Waals surface area (Å²) in [5.74, 6) is 0.755. The molecule has 33 heavy (non-hydrogen) atoms. The molecule has 0 spiro atoms. The first-order valence-corrected chi connectivity index (χ1v) is 11.6. The predicted molar refractivity (Wildman–Crippen MR) is 126 cm³/mol. The number of ether oxygens (including phenoxy) is 1. The van der Waals surface area contributed by atoms with Crippen LogP contribution in [0.15, 0.2) is 48.5 Å². The number of benzene rings is 2. The Hall–Kier alpha value is -2.90. The van der Waals surface area contributed by atoms with E-state index in [1.54, 1.807) is 7.11 Å². The van der Waals surface area contributed by atoms with Crippen LogP contribution in [-0.4, -0.2) is 71.7 Å². The van der Waals surface area contributed by atoms with Gasteiger partial charge in [0.05, 0.1) is 19.3 Å². The molecule has 2 N–H and O–H groups in total. The van der Waals surface area contributed by atoms with E-state index in [1.165, 1.54) is 0 Å². The van der Waals surface area contributed by atoms with Crippen LogP contribution in [0.4, 0.5) is 0 Å². The van der Waals surface area contributed by atoms with Crippen molar-refractivity contribution in [3.8, 4) is 5.75 Å². The molecule has 2 amide bonds. The van der Waals surface area contributed by atoms with Crippen molar-refractivity contribution in [2.45, 2.75) is 50.9 Å². The number of methoxy groups -OCH3 is 1. The van der Waals surface area contributed by atoms with Gasteiger partial charge in [-0.1, -0.05) is 29.8 Å². The molecule has 2 saturated heterocycles. The summed E-state index contributed by atoms with van der Waals surface area (Å²) in [7, 11) is 1.62. The van der Waals surface area contributed by atoms with Crippen LogP contribution >= 0.6 is 0 Å². The standard InChI is InChI=1S/C26H33N3O4/c1-18-5-3-7-20(13-18)26(32)28-11-9-21(10-12-28)29-17-22(30)15-24(29)25(31)27-16-19-6-4-8-23(14-19)33-2/h3-8,13-14,21-22,24,30H,9-12,15-17H2,1-2H3,(H,27,31)/t22-,24+/m1/s1. The lowest BCUT2D eigenvalue weighted by Gasteiger charge is -2.39. The minimum Gasteiger partial charge on any atom is -0.497 e. The Kier molecular flexibility index (Phi) is 7.30. The van der Waals surface area contributed by atoms with Gasteiger partial charge >= 0.3 is 0 Å². The molecule has 0 aromatic heterocycles. The number of hydrogen-bond donors (Lipinski definition) is 2. The van der Waals surface area contributed by atoms with Crippen molar-refractivity contribution in [3.05, 3.63) is 65.2 Å². The van der Waals surface area contributed by atoms with Crippen molar-refractivity contribution >= 4 is 11.8 Å². The molecule has 2 aromatic carbocycles. The highest BCUT2D eigenvalue weighted by atomic mass is 16.5. The third kappa shape index (κ3) is 5.54. The molecule has 7 heteroatoms. The molecule has 2 atom stereocenters.